The van der Waals surface area contributed by atoms with Gasteiger partial charge < -0.3 is 5.32 Å². The van der Waals surface area contributed by atoms with E-state index in [2.05, 4.69) is 32.9 Å². The van der Waals surface area contributed by atoms with E-state index in [9.17, 15) is 9.59 Å². The molecule has 6 heteroatoms. The van der Waals surface area contributed by atoms with Gasteiger partial charge in [-0.05, 0) is 19.4 Å². The third-order valence-electron chi connectivity index (χ3n) is 2.39. The quantitative estimate of drug-likeness (QED) is 0.907. The molecule has 0 bridgehead atoms. The topological polar surface area (TPSA) is 64.0 Å². The molecule has 0 atom stereocenters. The van der Waals surface area contributed by atoms with Crippen molar-refractivity contribution in [2.75, 3.05) is 6.54 Å². The van der Waals surface area contributed by atoms with Gasteiger partial charge in [0.2, 0.25) is 0 Å². The van der Waals surface area contributed by atoms with E-state index >= 15 is 0 Å². The average molecular weight is 300 g/mol. The van der Waals surface area contributed by atoms with E-state index in [0.717, 1.165) is 0 Å². The molecule has 0 spiro atoms. The SMILES string of the molecule is C=C(Br)CNC(=O)c1c(C)c(C)nn(C)c1=O. The molecular formula is C11H14BrN3O2. The van der Waals surface area contributed by atoms with Crippen LogP contribution in [0.15, 0.2) is 15.9 Å². The summed E-state index contributed by atoms with van der Waals surface area (Å²) >= 11 is 3.14. The molecule has 0 aromatic carbocycles. The van der Waals surface area contributed by atoms with Gasteiger partial charge in [-0.3, -0.25) is 9.59 Å². The number of nitrogens with zero attached hydrogens (tertiary/aromatic N) is 2. The number of aromatic nitrogens is 2. The lowest BCUT2D eigenvalue weighted by Crippen LogP contribution is -2.35. The summed E-state index contributed by atoms with van der Waals surface area (Å²) in [6.45, 7) is 7.36. The Labute approximate surface area is 108 Å². The van der Waals surface area contributed by atoms with Gasteiger partial charge >= 0.3 is 0 Å². The highest BCUT2D eigenvalue weighted by atomic mass is 79.9. The molecule has 0 aliphatic heterocycles. The standard InChI is InChI=1S/C11H14BrN3O2/c1-6(12)5-13-10(16)9-7(2)8(3)14-15(4)11(9)17/h1,5H2,2-4H3,(H,13,16). The molecule has 0 unspecified atom stereocenters. The van der Waals surface area contributed by atoms with Gasteiger partial charge in [-0.25, -0.2) is 4.68 Å². The molecule has 0 saturated carbocycles. The van der Waals surface area contributed by atoms with Crippen LogP contribution in [0.3, 0.4) is 0 Å². The minimum Gasteiger partial charge on any atom is -0.347 e. The largest absolute Gasteiger partial charge is 0.347 e. The van der Waals surface area contributed by atoms with Crippen LogP contribution < -0.4 is 10.9 Å². The molecular weight excluding hydrogens is 286 g/mol. The Hall–Kier alpha value is -1.43. The molecule has 0 aliphatic rings. The van der Waals surface area contributed by atoms with Gasteiger partial charge in [0.25, 0.3) is 11.5 Å². The van der Waals surface area contributed by atoms with E-state index < -0.39 is 11.5 Å². The molecule has 1 heterocycles. The van der Waals surface area contributed by atoms with Crippen LogP contribution in [-0.2, 0) is 7.05 Å². The maximum absolute atomic E-state index is 11.9. The van der Waals surface area contributed by atoms with Crippen molar-refractivity contribution in [2.45, 2.75) is 13.8 Å². The summed E-state index contributed by atoms with van der Waals surface area (Å²) in [7, 11) is 1.52. The lowest BCUT2D eigenvalue weighted by molar-refractivity contribution is 0.0954. The molecule has 0 saturated heterocycles. The summed E-state index contributed by atoms with van der Waals surface area (Å²) in [6, 6.07) is 0. The molecule has 92 valence electrons. The van der Waals surface area contributed by atoms with E-state index in [1.54, 1.807) is 13.8 Å². The third-order valence-corrected chi connectivity index (χ3v) is 2.67. The average Bonchev–Trinajstić information content (AvgIpc) is 2.24. The van der Waals surface area contributed by atoms with Crippen molar-refractivity contribution in [3.8, 4) is 0 Å². The van der Waals surface area contributed by atoms with Crippen molar-refractivity contribution in [1.29, 1.82) is 0 Å². The van der Waals surface area contributed by atoms with Crippen LogP contribution in [0.5, 0.6) is 0 Å². The Morgan fingerprint density at radius 1 is 1.53 bits per heavy atom. The predicted octanol–water partition coefficient (Wildman–Crippen LogP) is 1.04. The Kier molecular flexibility index (Phi) is 4.22. The Morgan fingerprint density at radius 2 is 2.12 bits per heavy atom. The number of aryl methyl sites for hydroxylation is 2. The first-order valence-electron chi connectivity index (χ1n) is 5.00. The molecule has 1 rings (SSSR count). The molecule has 1 aromatic rings. The van der Waals surface area contributed by atoms with Gasteiger partial charge in [-0.2, -0.15) is 5.10 Å². The second-order valence-corrected chi connectivity index (χ2v) is 4.84. The summed E-state index contributed by atoms with van der Waals surface area (Å²) in [5, 5.41) is 6.62. The van der Waals surface area contributed by atoms with Crippen LogP contribution in [0.25, 0.3) is 0 Å². The van der Waals surface area contributed by atoms with Crippen LogP contribution in [0, 0.1) is 13.8 Å². The highest BCUT2D eigenvalue weighted by molar-refractivity contribution is 9.11. The van der Waals surface area contributed by atoms with Gasteiger partial charge in [-0.1, -0.05) is 22.5 Å². The van der Waals surface area contributed by atoms with Gasteiger partial charge in [0.05, 0.1) is 5.69 Å². The number of hydrogen-bond donors (Lipinski definition) is 1. The number of nitrogens with one attached hydrogen (secondary N) is 1. The monoisotopic (exact) mass is 299 g/mol. The van der Waals surface area contributed by atoms with Gasteiger partial charge in [0.15, 0.2) is 0 Å². The first kappa shape index (κ1) is 13.6. The van der Waals surface area contributed by atoms with Crippen LogP contribution >= 0.6 is 15.9 Å². The van der Waals surface area contributed by atoms with E-state index in [1.807, 2.05) is 0 Å². The summed E-state index contributed by atoms with van der Waals surface area (Å²) in [4.78, 5) is 23.7. The maximum atomic E-state index is 11.9. The second kappa shape index (κ2) is 5.27. The first-order valence-corrected chi connectivity index (χ1v) is 5.80. The third kappa shape index (κ3) is 3.03. The number of halogens is 1. The van der Waals surface area contributed by atoms with Gasteiger partial charge in [-0.15, -0.1) is 0 Å². The number of amides is 1. The van der Waals surface area contributed by atoms with Gasteiger partial charge in [0, 0.05) is 18.1 Å². The highest BCUT2D eigenvalue weighted by Gasteiger charge is 2.17. The zero-order valence-electron chi connectivity index (χ0n) is 10.0. The van der Waals surface area contributed by atoms with Crippen LogP contribution in [-0.4, -0.2) is 22.2 Å². The molecule has 0 radical (unpaired) electrons. The fourth-order valence-electron chi connectivity index (χ4n) is 1.38. The second-order valence-electron chi connectivity index (χ2n) is 3.71. The van der Waals surface area contributed by atoms with E-state index in [4.69, 9.17) is 0 Å². The Morgan fingerprint density at radius 3 is 2.65 bits per heavy atom. The fourth-order valence-corrected chi connectivity index (χ4v) is 1.52. The zero-order valence-corrected chi connectivity index (χ0v) is 11.6. The molecule has 1 aromatic heterocycles. The summed E-state index contributed by atoms with van der Waals surface area (Å²) < 4.78 is 1.81. The van der Waals surface area contributed by atoms with Crippen molar-refractivity contribution in [1.82, 2.24) is 15.1 Å². The lowest BCUT2D eigenvalue weighted by atomic mass is 10.1. The van der Waals surface area contributed by atoms with Crippen molar-refractivity contribution in [2.24, 2.45) is 7.05 Å². The minimum atomic E-state index is -0.408. The van der Waals surface area contributed by atoms with E-state index in [0.29, 0.717) is 15.7 Å². The molecule has 17 heavy (non-hydrogen) atoms. The Balaban J connectivity index is 3.17. The summed E-state index contributed by atoms with van der Waals surface area (Å²) in [5.41, 5.74) is 1.00. The molecule has 1 N–H and O–H groups in total. The van der Waals surface area contributed by atoms with E-state index in [1.165, 1.54) is 11.7 Å². The fraction of sp³-hybridized carbons (Fsp3) is 0.364. The first-order chi connectivity index (χ1) is 7.84. The molecule has 0 aliphatic carbocycles. The maximum Gasteiger partial charge on any atom is 0.279 e. The molecule has 5 nitrogen and oxygen atoms in total. The summed E-state index contributed by atoms with van der Waals surface area (Å²) in [6.07, 6.45) is 0. The predicted molar refractivity (Wildman–Crippen MR) is 69.4 cm³/mol. The van der Waals surface area contributed by atoms with Gasteiger partial charge in [0.1, 0.15) is 5.56 Å². The van der Waals surface area contributed by atoms with Crippen molar-refractivity contribution in [3.05, 3.63) is 38.2 Å². The van der Waals surface area contributed by atoms with Crippen molar-refractivity contribution < 1.29 is 4.79 Å². The van der Waals surface area contributed by atoms with Crippen LogP contribution in [0.2, 0.25) is 0 Å². The van der Waals surface area contributed by atoms with Crippen LogP contribution in [0.1, 0.15) is 21.6 Å². The number of hydrogen-bond acceptors (Lipinski definition) is 3. The number of carbonyl (C=O) groups excluding carboxylic acids is 1. The smallest absolute Gasteiger partial charge is 0.279 e. The van der Waals surface area contributed by atoms with Crippen molar-refractivity contribution >= 4 is 21.8 Å². The summed E-state index contributed by atoms with van der Waals surface area (Å²) in [5.74, 6) is -0.408. The zero-order chi connectivity index (χ0) is 13.2. The molecule has 0 fully saturated rings. The lowest BCUT2D eigenvalue weighted by Gasteiger charge is -2.09. The van der Waals surface area contributed by atoms with Crippen LogP contribution in [0.4, 0.5) is 0 Å². The van der Waals surface area contributed by atoms with Crippen molar-refractivity contribution in [3.63, 3.8) is 0 Å². The van der Waals surface area contributed by atoms with E-state index in [-0.39, 0.29) is 12.1 Å². The molecule has 1 amide bonds. The highest BCUT2D eigenvalue weighted by Crippen LogP contribution is 2.06. The number of rotatable bonds is 3. The number of carbonyl (C=O) groups is 1. The minimum absolute atomic E-state index is 0.133. The Bertz CT molecular complexity index is 534. The normalized spacial score (nSPS) is 10.1.